The molecule has 1 atom stereocenters. The largest absolute Gasteiger partial charge is 1.00 e. The number of carboxylic acid groups (broad SMARTS) is 1. The van der Waals surface area contributed by atoms with Gasteiger partial charge in [-0.2, -0.15) is 5.10 Å². The van der Waals surface area contributed by atoms with Crippen molar-refractivity contribution in [1.82, 2.24) is 20.0 Å². The van der Waals surface area contributed by atoms with E-state index in [1.54, 1.807) is 16.9 Å². The predicted molar refractivity (Wildman–Crippen MR) is 90.0 cm³/mol. The van der Waals surface area contributed by atoms with Crippen molar-refractivity contribution in [3.63, 3.8) is 0 Å². The molecule has 0 radical (unpaired) electrons. The van der Waals surface area contributed by atoms with E-state index in [1.807, 2.05) is 0 Å². The summed E-state index contributed by atoms with van der Waals surface area (Å²) in [5.74, 6) is -0.462. The summed E-state index contributed by atoms with van der Waals surface area (Å²) in [7, 11) is 0. The molecule has 128 valence electrons. The molecule has 1 aromatic heterocycles. The van der Waals surface area contributed by atoms with Gasteiger partial charge in [-0.15, -0.1) is 0 Å². The normalized spacial score (nSPS) is 25.1. The van der Waals surface area contributed by atoms with Gasteiger partial charge in [-0.1, -0.05) is 11.6 Å². The molecule has 2 bridgehead atoms. The number of carbonyl (C=O) groups excluding carboxylic acids is 1. The number of halogens is 1. The molecular weight excluding hydrogens is 335 g/mol. The van der Waals surface area contributed by atoms with E-state index in [1.165, 1.54) is 32.0 Å². The molecule has 8 heteroatoms. The third-order valence-corrected chi connectivity index (χ3v) is 5.52. The van der Waals surface area contributed by atoms with Gasteiger partial charge in [0.15, 0.2) is 0 Å². The van der Waals surface area contributed by atoms with Gasteiger partial charge < -0.3 is 20.1 Å². The molecule has 0 aliphatic carbocycles. The van der Waals surface area contributed by atoms with Gasteiger partial charge in [0, 0.05) is 35.1 Å². The summed E-state index contributed by atoms with van der Waals surface area (Å²) in [4.78, 5) is 13.9. The van der Waals surface area contributed by atoms with E-state index < -0.39 is 5.97 Å². The number of aromatic nitrogens is 2. The summed E-state index contributed by atoms with van der Waals surface area (Å²) < 4.78 is 1.73. The first-order chi connectivity index (χ1) is 11.6. The maximum absolute atomic E-state index is 11.4. The summed E-state index contributed by atoms with van der Waals surface area (Å²) in [6, 6.07) is 3.69. The fourth-order valence-corrected chi connectivity index (χ4v) is 4.30. The van der Waals surface area contributed by atoms with Crippen LogP contribution in [0.2, 0.25) is 5.02 Å². The number of piperidine rings is 3. The molecule has 1 aromatic carbocycles. The van der Waals surface area contributed by atoms with Crippen LogP contribution in [0.3, 0.4) is 0 Å². The molecule has 0 spiro atoms. The van der Waals surface area contributed by atoms with Gasteiger partial charge in [0.25, 0.3) is 0 Å². The summed E-state index contributed by atoms with van der Waals surface area (Å²) in [5, 5.41) is 20.5. The molecule has 25 heavy (non-hydrogen) atoms. The van der Waals surface area contributed by atoms with Crippen LogP contribution >= 0.6 is 11.6 Å². The van der Waals surface area contributed by atoms with E-state index in [0.29, 0.717) is 23.1 Å². The van der Waals surface area contributed by atoms with Crippen molar-refractivity contribution in [3.8, 4) is 0 Å². The molecule has 3 aliphatic rings. The van der Waals surface area contributed by atoms with Crippen molar-refractivity contribution in [2.45, 2.75) is 25.4 Å². The van der Waals surface area contributed by atoms with Crippen LogP contribution in [-0.2, 0) is 6.54 Å². The quantitative estimate of drug-likeness (QED) is 0.614. The van der Waals surface area contributed by atoms with Crippen LogP contribution in [0.4, 0.5) is 0 Å². The molecule has 0 amide bonds. The van der Waals surface area contributed by atoms with Gasteiger partial charge in [0.2, 0.25) is 0 Å². The van der Waals surface area contributed by atoms with Gasteiger partial charge >= 0.3 is 18.9 Å². The smallest absolute Gasteiger partial charge is 0.545 e. The minimum atomic E-state index is -1.23. The van der Waals surface area contributed by atoms with Crippen molar-refractivity contribution in [1.29, 1.82) is 0 Å². The van der Waals surface area contributed by atoms with E-state index in [9.17, 15) is 9.90 Å². The van der Waals surface area contributed by atoms with Crippen LogP contribution in [-0.4, -0.2) is 52.9 Å². The van der Waals surface area contributed by atoms with Gasteiger partial charge in [-0.3, -0.25) is 4.68 Å². The zero-order valence-electron chi connectivity index (χ0n) is 14.4. The number of hydrogen-bond donors (Lipinski definition) is 1. The number of fused-ring (bicyclic) bond motifs is 4. The van der Waals surface area contributed by atoms with Crippen LogP contribution in [0.25, 0.3) is 10.9 Å². The number of carbonyl (C=O) groups is 1. The first-order valence-corrected chi connectivity index (χ1v) is 8.82. The molecule has 3 saturated heterocycles. The molecule has 0 saturated carbocycles. The first-order valence-electron chi connectivity index (χ1n) is 8.44. The maximum atomic E-state index is 11.4. The zero-order chi connectivity index (χ0) is 16.7. The average molecular weight is 355 g/mol. The topological polar surface area (TPSA) is 73.2 Å². The van der Waals surface area contributed by atoms with Crippen LogP contribution in [0, 0.1) is 5.92 Å². The molecule has 1 N–H and O–H groups in total. The Bertz CT molecular complexity index is 773. The van der Waals surface area contributed by atoms with Crippen molar-refractivity contribution in [2.24, 2.45) is 5.92 Å². The SMILES string of the molecule is O=C([O-])c1cc(Cl)cc2cnn(CCN[C@@H]3CN4CCC3CC4)c12.[Li+]. The number of carboxylic acids is 1. The van der Waals surface area contributed by atoms with Crippen LogP contribution in [0.5, 0.6) is 0 Å². The fraction of sp³-hybridized carbons (Fsp3) is 0.529. The molecule has 5 rings (SSSR count). The maximum Gasteiger partial charge on any atom is 1.00 e. The Morgan fingerprint density at radius 3 is 2.76 bits per heavy atom. The predicted octanol–water partition coefficient (Wildman–Crippen LogP) is -2.26. The number of hydrogen-bond acceptors (Lipinski definition) is 5. The Kier molecular flexibility index (Phi) is 5.77. The Morgan fingerprint density at radius 2 is 2.12 bits per heavy atom. The third kappa shape index (κ3) is 3.74. The number of nitrogens with zero attached hydrogens (tertiary/aromatic N) is 3. The second kappa shape index (κ2) is 7.69. The molecule has 6 nitrogen and oxygen atoms in total. The average Bonchev–Trinajstić information content (AvgIpc) is 2.98. The third-order valence-electron chi connectivity index (χ3n) is 5.30. The molecular formula is C17H20ClLiN4O2. The van der Waals surface area contributed by atoms with E-state index in [2.05, 4.69) is 15.3 Å². The molecule has 3 fully saturated rings. The van der Waals surface area contributed by atoms with Gasteiger partial charge in [-0.25, -0.2) is 0 Å². The van der Waals surface area contributed by atoms with Gasteiger partial charge in [0.05, 0.1) is 24.2 Å². The van der Waals surface area contributed by atoms with E-state index in [0.717, 1.165) is 24.4 Å². The minimum Gasteiger partial charge on any atom is -0.545 e. The Balaban J connectivity index is 0.00000182. The Hall–Kier alpha value is -1.03. The molecule has 2 aromatic rings. The van der Waals surface area contributed by atoms with E-state index in [4.69, 9.17) is 11.6 Å². The van der Waals surface area contributed by atoms with Crippen molar-refractivity contribution in [2.75, 3.05) is 26.2 Å². The zero-order valence-corrected chi connectivity index (χ0v) is 15.1. The number of rotatable bonds is 5. The van der Waals surface area contributed by atoms with Crippen molar-refractivity contribution in [3.05, 3.63) is 28.9 Å². The second-order valence-corrected chi connectivity index (χ2v) is 7.18. The molecule has 4 heterocycles. The monoisotopic (exact) mass is 354 g/mol. The Morgan fingerprint density at radius 1 is 1.36 bits per heavy atom. The van der Waals surface area contributed by atoms with E-state index in [-0.39, 0.29) is 24.4 Å². The summed E-state index contributed by atoms with van der Waals surface area (Å²) in [6.45, 7) is 4.95. The number of aromatic carboxylic acids is 1. The summed E-state index contributed by atoms with van der Waals surface area (Å²) >= 11 is 5.97. The fourth-order valence-electron chi connectivity index (χ4n) is 4.07. The second-order valence-electron chi connectivity index (χ2n) is 6.75. The van der Waals surface area contributed by atoms with Crippen LogP contribution in [0.1, 0.15) is 23.2 Å². The van der Waals surface area contributed by atoms with Gasteiger partial charge in [0.1, 0.15) is 0 Å². The van der Waals surface area contributed by atoms with Crippen molar-refractivity contribution >= 4 is 28.5 Å². The minimum absolute atomic E-state index is 0. The van der Waals surface area contributed by atoms with Gasteiger partial charge in [-0.05, 0) is 44.0 Å². The number of benzene rings is 1. The summed E-state index contributed by atoms with van der Waals surface area (Å²) in [6.07, 6.45) is 4.20. The van der Waals surface area contributed by atoms with Crippen LogP contribution < -0.4 is 29.3 Å². The first kappa shape index (κ1) is 18.7. The Labute approximate surface area is 163 Å². The van der Waals surface area contributed by atoms with Crippen LogP contribution in [0.15, 0.2) is 18.3 Å². The number of nitrogens with one attached hydrogen (secondary N) is 1. The molecule has 0 unspecified atom stereocenters. The molecule has 3 aliphatic heterocycles. The van der Waals surface area contributed by atoms with Crippen molar-refractivity contribution < 1.29 is 28.8 Å². The van der Waals surface area contributed by atoms with E-state index >= 15 is 0 Å². The standard InChI is InChI=1S/C17H21ClN4O2.Li/c18-13-7-12-9-20-22(16(12)14(8-13)17(23)24)6-3-19-15-10-21-4-1-11(15)2-5-21;/h7-9,11,15,19H,1-6,10H2,(H,23,24);/q;+1/p-1/t15-;/m1./s1. The summed E-state index contributed by atoms with van der Waals surface area (Å²) in [5.41, 5.74) is 0.674.